The molecule has 2 aromatic rings. The van der Waals surface area contributed by atoms with Crippen LogP contribution >= 0.6 is 11.6 Å². The van der Waals surface area contributed by atoms with E-state index in [0.717, 1.165) is 24.1 Å². The van der Waals surface area contributed by atoms with Crippen LogP contribution in [0.3, 0.4) is 0 Å². The zero-order valence-electron chi connectivity index (χ0n) is 10.3. The first-order chi connectivity index (χ1) is 8.79. The van der Waals surface area contributed by atoms with Crippen molar-refractivity contribution in [2.75, 3.05) is 19.0 Å². The Kier molecular flexibility index (Phi) is 4.61. The third-order valence-corrected chi connectivity index (χ3v) is 2.87. The van der Waals surface area contributed by atoms with E-state index in [1.165, 1.54) is 5.56 Å². The van der Waals surface area contributed by atoms with Gasteiger partial charge in [0.1, 0.15) is 0 Å². The number of halogens is 1. The number of nitrogens with zero attached hydrogens (tertiary/aromatic N) is 2. The predicted octanol–water partition coefficient (Wildman–Crippen LogP) is 2.80. The van der Waals surface area contributed by atoms with Gasteiger partial charge < -0.3 is 14.6 Å². The van der Waals surface area contributed by atoms with E-state index in [2.05, 4.69) is 10.3 Å². The summed E-state index contributed by atoms with van der Waals surface area (Å²) in [5, 5.41) is 4.04. The first kappa shape index (κ1) is 12.9. The van der Waals surface area contributed by atoms with Crippen molar-refractivity contribution in [3.05, 3.63) is 47.2 Å². The maximum Gasteiger partial charge on any atom is 0.203 e. The first-order valence-corrected chi connectivity index (χ1v) is 6.16. The summed E-state index contributed by atoms with van der Waals surface area (Å²) >= 11 is 5.84. The smallest absolute Gasteiger partial charge is 0.203 e. The van der Waals surface area contributed by atoms with E-state index in [9.17, 15) is 0 Å². The molecule has 18 heavy (non-hydrogen) atoms. The van der Waals surface area contributed by atoms with E-state index in [4.69, 9.17) is 16.3 Å². The zero-order chi connectivity index (χ0) is 12.8. The maximum absolute atomic E-state index is 5.84. The fraction of sp³-hybridized carbons (Fsp3) is 0.308. The molecule has 96 valence electrons. The molecule has 0 spiro atoms. The van der Waals surface area contributed by atoms with E-state index in [1.807, 2.05) is 35.0 Å². The molecule has 0 saturated heterocycles. The molecule has 1 N–H and O–H groups in total. The number of hydrogen-bond donors (Lipinski definition) is 1. The molecule has 0 atom stereocenters. The monoisotopic (exact) mass is 265 g/mol. The molecule has 2 rings (SSSR count). The number of nitrogens with one attached hydrogen (secondary N) is 1. The second-order valence-corrected chi connectivity index (χ2v) is 4.35. The van der Waals surface area contributed by atoms with Crippen LogP contribution in [0.1, 0.15) is 5.56 Å². The third kappa shape index (κ3) is 3.48. The fourth-order valence-corrected chi connectivity index (χ4v) is 1.76. The van der Waals surface area contributed by atoms with Crippen LogP contribution in [-0.2, 0) is 17.8 Å². The van der Waals surface area contributed by atoms with Crippen LogP contribution in [0.2, 0.25) is 5.02 Å². The third-order valence-electron chi connectivity index (χ3n) is 2.62. The normalized spacial score (nSPS) is 10.6. The molecule has 0 radical (unpaired) electrons. The van der Waals surface area contributed by atoms with E-state index < -0.39 is 0 Å². The first-order valence-electron chi connectivity index (χ1n) is 5.78. The standard InChI is InChI=1S/C13H16ClN3O/c1-18-9-8-17-7-6-15-13(17)16-10-11-2-4-12(14)5-3-11/h2-7H,8-10H2,1H3,(H,15,16). The largest absolute Gasteiger partial charge is 0.383 e. The molecule has 1 heterocycles. The molecule has 1 aromatic carbocycles. The number of benzene rings is 1. The Morgan fingerprint density at radius 3 is 2.83 bits per heavy atom. The Labute approximate surface area is 112 Å². The number of hydrogen-bond acceptors (Lipinski definition) is 3. The zero-order valence-corrected chi connectivity index (χ0v) is 11.0. The summed E-state index contributed by atoms with van der Waals surface area (Å²) in [4.78, 5) is 4.27. The van der Waals surface area contributed by atoms with E-state index in [-0.39, 0.29) is 0 Å². The highest BCUT2D eigenvalue weighted by Crippen LogP contribution is 2.11. The Balaban J connectivity index is 1.93. The van der Waals surface area contributed by atoms with Crippen LogP contribution in [0.4, 0.5) is 5.95 Å². The summed E-state index contributed by atoms with van der Waals surface area (Å²) in [5.74, 6) is 0.849. The lowest BCUT2D eigenvalue weighted by Gasteiger charge is -2.09. The summed E-state index contributed by atoms with van der Waals surface area (Å²) in [7, 11) is 1.69. The molecule has 0 saturated carbocycles. The molecule has 0 aliphatic rings. The van der Waals surface area contributed by atoms with E-state index in [1.54, 1.807) is 13.3 Å². The van der Waals surface area contributed by atoms with Gasteiger partial charge in [-0.2, -0.15) is 0 Å². The summed E-state index contributed by atoms with van der Waals surface area (Å²) in [6.45, 7) is 2.19. The number of anilines is 1. The second kappa shape index (κ2) is 6.42. The van der Waals surface area contributed by atoms with Gasteiger partial charge in [-0.3, -0.25) is 0 Å². The molecule has 1 aromatic heterocycles. The van der Waals surface area contributed by atoms with Crippen LogP contribution in [0.25, 0.3) is 0 Å². The lowest BCUT2D eigenvalue weighted by atomic mass is 10.2. The van der Waals surface area contributed by atoms with E-state index >= 15 is 0 Å². The van der Waals surface area contributed by atoms with Crippen molar-refractivity contribution in [3.63, 3.8) is 0 Å². The second-order valence-electron chi connectivity index (χ2n) is 3.92. The molecular weight excluding hydrogens is 250 g/mol. The lowest BCUT2D eigenvalue weighted by Crippen LogP contribution is -2.09. The van der Waals surface area contributed by atoms with Crippen LogP contribution in [-0.4, -0.2) is 23.3 Å². The van der Waals surface area contributed by atoms with Gasteiger partial charge in [0.25, 0.3) is 0 Å². The molecule has 5 heteroatoms. The molecule has 0 unspecified atom stereocenters. The molecule has 0 bridgehead atoms. The lowest BCUT2D eigenvalue weighted by molar-refractivity contribution is 0.187. The molecule has 4 nitrogen and oxygen atoms in total. The Morgan fingerprint density at radius 2 is 2.11 bits per heavy atom. The van der Waals surface area contributed by atoms with Gasteiger partial charge in [0, 0.05) is 37.6 Å². The number of imidazole rings is 1. The van der Waals surface area contributed by atoms with Crippen LogP contribution in [0.15, 0.2) is 36.7 Å². The van der Waals surface area contributed by atoms with Crippen LogP contribution in [0, 0.1) is 0 Å². The van der Waals surface area contributed by atoms with Crippen molar-refractivity contribution < 1.29 is 4.74 Å². The maximum atomic E-state index is 5.84. The van der Waals surface area contributed by atoms with Crippen molar-refractivity contribution in [1.82, 2.24) is 9.55 Å². The van der Waals surface area contributed by atoms with Gasteiger partial charge in [-0.1, -0.05) is 23.7 Å². The Hall–Kier alpha value is -1.52. The van der Waals surface area contributed by atoms with Gasteiger partial charge >= 0.3 is 0 Å². The number of ether oxygens (including phenoxy) is 1. The predicted molar refractivity (Wildman–Crippen MR) is 72.9 cm³/mol. The highest BCUT2D eigenvalue weighted by molar-refractivity contribution is 6.30. The van der Waals surface area contributed by atoms with Crippen molar-refractivity contribution in [2.24, 2.45) is 0 Å². The summed E-state index contributed by atoms with van der Waals surface area (Å²) in [5.41, 5.74) is 1.17. The van der Waals surface area contributed by atoms with Crippen molar-refractivity contribution in [3.8, 4) is 0 Å². The average molecular weight is 266 g/mol. The summed E-state index contributed by atoms with van der Waals surface area (Å²) in [6.07, 6.45) is 3.71. The minimum absolute atomic E-state index is 0.673. The van der Waals surface area contributed by atoms with Crippen LogP contribution < -0.4 is 5.32 Å². The summed E-state index contributed by atoms with van der Waals surface area (Å²) in [6, 6.07) is 7.77. The summed E-state index contributed by atoms with van der Waals surface area (Å²) < 4.78 is 7.08. The minimum atomic E-state index is 0.673. The van der Waals surface area contributed by atoms with Crippen molar-refractivity contribution >= 4 is 17.5 Å². The molecule has 0 fully saturated rings. The van der Waals surface area contributed by atoms with Crippen molar-refractivity contribution in [1.29, 1.82) is 0 Å². The Morgan fingerprint density at radius 1 is 1.33 bits per heavy atom. The number of aromatic nitrogens is 2. The highest BCUT2D eigenvalue weighted by atomic mass is 35.5. The van der Waals surface area contributed by atoms with Crippen LogP contribution in [0.5, 0.6) is 0 Å². The topological polar surface area (TPSA) is 39.1 Å². The van der Waals surface area contributed by atoms with Gasteiger partial charge in [-0.05, 0) is 17.7 Å². The van der Waals surface area contributed by atoms with Gasteiger partial charge in [0.05, 0.1) is 6.61 Å². The van der Waals surface area contributed by atoms with Gasteiger partial charge in [-0.25, -0.2) is 4.98 Å². The van der Waals surface area contributed by atoms with Gasteiger partial charge in [0.2, 0.25) is 5.95 Å². The van der Waals surface area contributed by atoms with E-state index in [0.29, 0.717) is 6.61 Å². The van der Waals surface area contributed by atoms with Crippen molar-refractivity contribution in [2.45, 2.75) is 13.1 Å². The molecular formula is C13H16ClN3O. The molecule has 0 amide bonds. The minimum Gasteiger partial charge on any atom is -0.383 e. The highest BCUT2D eigenvalue weighted by Gasteiger charge is 2.01. The molecule has 0 aliphatic carbocycles. The SMILES string of the molecule is COCCn1ccnc1NCc1ccc(Cl)cc1. The average Bonchev–Trinajstić information content (AvgIpc) is 2.83. The number of rotatable bonds is 6. The van der Waals surface area contributed by atoms with Gasteiger partial charge in [0.15, 0.2) is 0 Å². The van der Waals surface area contributed by atoms with Gasteiger partial charge in [-0.15, -0.1) is 0 Å². The number of methoxy groups -OCH3 is 1. The quantitative estimate of drug-likeness (QED) is 0.873. The Bertz CT molecular complexity index is 481. The molecule has 0 aliphatic heterocycles. The fourth-order valence-electron chi connectivity index (χ4n) is 1.63.